The van der Waals surface area contributed by atoms with Crippen molar-refractivity contribution in [3.63, 3.8) is 0 Å². The van der Waals surface area contributed by atoms with Crippen LogP contribution in [0.2, 0.25) is 0 Å². The fourth-order valence-electron chi connectivity index (χ4n) is 3.20. The van der Waals surface area contributed by atoms with Crippen LogP contribution in [-0.4, -0.2) is 38.4 Å². The molecule has 0 atom stereocenters. The highest BCUT2D eigenvalue weighted by Gasteiger charge is 2.34. The Morgan fingerprint density at radius 1 is 1.11 bits per heavy atom. The molecule has 0 unspecified atom stereocenters. The van der Waals surface area contributed by atoms with Crippen molar-refractivity contribution in [1.82, 2.24) is 9.62 Å². The molecule has 0 bridgehead atoms. The van der Waals surface area contributed by atoms with E-state index in [1.165, 1.54) is 13.2 Å². The van der Waals surface area contributed by atoms with E-state index in [9.17, 15) is 13.2 Å². The summed E-state index contributed by atoms with van der Waals surface area (Å²) in [6.07, 6.45) is 3.63. The minimum absolute atomic E-state index is 0.0169. The maximum Gasteiger partial charge on any atom is 0.254 e. The molecule has 0 heterocycles. The van der Waals surface area contributed by atoms with Crippen LogP contribution in [0.5, 0.6) is 5.75 Å². The van der Waals surface area contributed by atoms with E-state index in [1.807, 2.05) is 35.2 Å². The van der Waals surface area contributed by atoms with Gasteiger partial charge in [-0.3, -0.25) is 4.79 Å². The average molecular weight is 401 g/mol. The maximum absolute atomic E-state index is 13.2. The highest BCUT2D eigenvalue weighted by atomic mass is 32.2. The number of sulfonamides is 1. The number of methoxy groups -OCH3 is 1. The summed E-state index contributed by atoms with van der Waals surface area (Å²) in [5.74, 6) is 0.0857. The van der Waals surface area contributed by atoms with Crippen molar-refractivity contribution in [1.29, 1.82) is 0 Å². The molecule has 148 valence electrons. The molecule has 0 aromatic heterocycles. The predicted octanol–water partition coefficient (Wildman–Crippen LogP) is 2.94. The van der Waals surface area contributed by atoms with Gasteiger partial charge in [0.15, 0.2) is 0 Å². The molecule has 0 saturated heterocycles. The molecular formula is C21H24N2O4S. The summed E-state index contributed by atoms with van der Waals surface area (Å²) in [6.45, 7) is 0.513. The zero-order chi connectivity index (χ0) is 19.7. The quantitative estimate of drug-likeness (QED) is 0.739. The molecule has 2 aliphatic carbocycles. The number of hydrogen-bond donors (Lipinski definition) is 1. The zero-order valence-electron chi connectivity index (χ0n) is 15.8. The van der Waals surface area contributed by atoms with E-state index < -0.39 is 10.0 Å². The second-order valence-corrected chi connectivity index (χ2v) is 9.09. The molecule has 2 aromatic carbocycles. The number of nitrogens with one attached hydrogen (secondary N) is 1. The van der Waals surface area contributed by atoms with E-state index in [1.54, 1.807) is 12.1 Å². The molecule has 7 heteroatoms. The van der Waals surface area contributed by atoms with Crippen molar-refractivity contribution in [2.45, 2.75) is 49.2 Å². The third-order valence-corrected chi connectivity index (χ3v) is 6.59. The standard InChI is InChI=1S/C21H24N2O4S/c1-27-19-12-7-16(13-20(19)28(25,26)22-17-8-9-17)21(24)23(18-10-11-18)14-15-5-3-2-4-6-15/h2-7,12-13,17-18,22H,8-11,14H2,1H3. The molecule has 2 aromatic rings. The number of nitrogens with zero attached hydrogens (tertiary/aromatic N) is 1. The van der Waals surface area contributed by atoms with Crippen LogP contribution < -0.4 is 9.46 Å². The van der Waals surface area contributed by atoms with Gasteiger partial charge in [0.1, 0.15) is 10.6 Å². The monoisotopic (exact) mass is 400 g/mol. The lowest BCUT2D eigenvalue weighted by atomic mass is 10.1. The molecule has 0 aliphatic heterocycles. The molecule has 0 radical (unpaired) electrons. The zero-order valence-corrected chi connectivity index (χ0v) is 16.6. The van der Waals surface area contributed by atoms with E-state index in [2.05, 4.69) is 4.72 Å². The summed E-state index contributed by atoms with van der Waals surface area (Å²) < 4.78 is 33.4. The van der Waals surface area contributed by atoms with Gasteiger partial charge in [-0.2, -0.15) is 0 Å². The van der Waals surface area contributed by atoms with E-state index >= 15 is 0 Å². The topological polar surface area (TPSA) is 75.7 Å². The molecule has 2 aliphatic rings. The van der Waals surface area contributed by atoms with Gasteiger partial charge in [0.05, 0.1) is 7.11 Å². The van der Waals surface area contributed by atoms with Crippen LogP contribution >= 0.6 is 0 Å². The van der Waals surface area contributed by atoms with Gasteiger partial charge < -0.3 is 9.64 Å². The Kier molecular flexibility index (Phi) is 5.12. The average Bonchev–Trinajstić information content (AvgIpc) is 3.61. The van der Waals surface area contributed by atoms with Gasteiger partial charge in [0.2, 0.25) is 10.0 Å². The van der Waals surface area contributed by atoms with Crippen LogP contribution in [0.4, 0.5) is 0 Å². The van der Waals surface area contributed by atoms with Gasteiger partial charge in [-0.25, -0.2) is 13.1 Å². The number of amides is 1. The summed E-state index contributed by atoms with van der Waals surface area (Å²) in [5.41, 5.74) is 1.42. The van der Waals surface area contributed by atoms with Gasteiger partial charge >= 0.3 is 0 Å². The number of benzene rings is 2. The van der Waals surface area contributed by atoms with E-state index in [0.29, 0.717) is 12.1 Å². The molecule has 1 N–H and O–H groups in total. The minimum atomic E-state index is -3.73. The number of hydrogen-bond acceptors (Lipinski definition) is 4. The van der Waals surface area contributed by atoms with Gasteiger partial charge in [-0.05, 0) is 49.4 Å². The lowest BCUT2D eigenvalue weighted by Gasteiger charge is -2.23. The Labute approximate surface area is 165 Å². The summed E-state index contributed by atoms with van der Waals surface area (Å²) in [6, 6.07) is 14.7. The van der Waals surface area contributed by atoms with Crippen LogP contribution in [0.1, 0.15) is 41.6 Å². The van der Waals surface area contributed by atoms with E-state index in [-0.39, 0.29) is 28.6 Å². The van der Waals surface area contributed by atoms with Crippen LogP contribution in [0.15, 0.2) is 53.4 Å². The Balaban J connectivity index is 1.63. The van der Waals surface area contributed by atoms with Crippen molar-refractivity contribution in [3.8, 4) is 5.75 Å². The first-order valence-corrected chi connectivity index (χ1v) is 11.0. The van der Waals surface area contributed by atoms with E-state index in [4.69, 9.17) is 4.74 Å². The maximum atomic E-state index is 13.2. The number of carbonyl (C=O) groups excluding carboxylic acids is 1. The molecular weight excluding hydrogens is 376 g/mol. The molecule has 4 rings (SSSR count). The summed E-state index contributed by atoms with van der Waals surface area (Å²) in [7, 11) is -2.30. The van der Waals surface area contributed by atoms with E-state index in [0.717, 1.165) is 31.2 Å². The molecule has 28 heavy (non-hydrogen) atoms. The Bertz CT molecular complexity index is 967. The highest BCUT2D eigenvalue weighted by Crippen LogP contribution is 2.32. The SMILES string of the molecule is COc1ccc(C(=O)N(Cc2ccccc2)C2CC2)cc1S(=O)(=O)NC1CC1. The second-order valence-electron chi connectivity index (χ2n) is 7.41. The number of rotatable bonds is 8. The van der Waals surface area contributed by atoms with Gasteiger partial charge in [0.25, 0.3) is 5.91 Å². The van der Waals surface area contributed by atoms with Crippen molar-refractivity contribution < 1.29 is 17.9 Å². The van der Waals surface area contributed by atoms with Crippen LogP contribution in [0, 0.1) is 0 Å². The van der Waals surface area contributed by atoms with Crippen molar-refractivity contribution >= 4 is 15.9 Å². The summed E-state index contributed by atoms with van der Waals surface area (Å²) in [4.78, 5) is 15.1. The first kappa shape index (κ1) is 19.0. The number of carbonyl (C=O) groups is 1. The third kappa shape index (κ3) is 4.20. The van der Waals surface area contributed by atoms with Crippen LogP contribution in [0.3, 0.4) is 0 Å². The first-order valence-electron chi connectivity index (χ1n) is 9.53. The molecule has 1 amide bonds. The van der Waals surface area contributed by atoms with Crippen LogP contribution in [0.25, 0.3) is 0 Å². The first-order chi connectivity index (χ1) is 13.5. The smallest absolute Gasteiger partial charge is 0.254 e. The Morgan fingerprint density at radius 3 is 2.43 bits per heavy atom. The summed E-state index contributed by atoms with van der Waals surface area (Å²) in [5, 5.41) is 0. The molecule has 2 fully saturated rings. The highest BCUT2D eigenvalue weighted by molar-refractivity contribution is 7.89. The van der Waals surface area contributed by atoms with Crippen molar-refractivity contribution in [2.75, 3.05) is 7.11 Å². The predicted molar refractivity (Wildman–Crippen MR) is 106 cm³/mol. The van der Waals surface area contributed by atoms with Gasteiger partial charge in [-0.1, -0.05) is 30.3 Å². The number of ether oxygens (including phenoxy) is 1. The Morgan fingerprint density at radius 2 is 1.82 bits per heavy atom. The minimum Gasteiger partial charge on any atom is -0.495 e. The second kappa shape index (κ2) is 7.56. The lowest BCUT2D eigenvalue weighted by Crippen LogP contribution is -2.33. The lowest BCUT2D eigenvalue weighted by molar-refractivity contribution is 0.0729. The van der Waals surface area contributed by atoms with Crippen molar-refractivity contribution in [3.05, 3.63) is 59.7 Å². The van der Waals surface area contributed by atoms with Crippen molar-refractivity contribution in [2.24, 2.45) is 0 Å². The van der Waals surface area contributed by atoms with Gasteiger partial charge in [0, 0.05) is 24.2 Å². The fraction of sp³-hybridized carbons (Fsp3) is 0.381. The van der Waals surface area contributed by atoms with Gasteiger partial charge in [-0.15, -0.1) is 0 Å². The molecule has 0 spiro atoms. The molecule has 6 nitrogen and oxygen atoms in total. The van der Waals surface area contributed by atoms with Crippen LogP contribution in [-0.2, 0) is 16.6 Å². The third-order valence-electron chi connectivity index (χ3n) is 5.04. The molecule has 2 saturated carbocycles. The Hall–Kier alpha value is -2.38. The fourth-order valence-corrected chi connectivity index (χ4v) is 4.70. The normalized spacial score (nSPS) is 16.6. The summed E-state index contributed by atoms with van der Waals surface area (Å²) >= 11 is 0. The largest absolute Gasteiger partial charge is 0.495 e.